The molecule has 0 aliphatic carbocycles. The summed E-state index contributed by atoms with van der Waals surface area (Å²) in [5, 5.41) is 6.46. The van der Waals surface area contributed by atoms with E-state index in [1.165, 1.54) is 28.6 Å². The molecule has 186 valence electrons. The molecule has 34 heavy (non-hydrogen) atoms. The Balaban J connectivity index is 1.68. The van der Waals surface area contributed by atoms with Crippen molar-refractivity contribution in [3.05, 3.63) is 41.5 Å². The average molecular weight is 495 g/mol. The lowest BCUT2D eigenvalue weighted by molar-refractivity contribution is -0.149. The molecule has 1 saturated heterocycles. The Morgan fingerprint density at radius 2 is 1.88 bits per heavy atom. The van der Waals surface area contributed by atoms with Crippen molar-refractivity contribution in [3.63, 3.8) is 0 Å². The van der Waals surface area contributed by atoms with Crippen LogP contribution in [0.3, 0.4) is 0 Å². The van der Waals surface area contributed by atoms with Crippen LogP contribution in [0.2, 0.25) is 0 Å². The summed E-state index contributed by atoms with van der Waals surface area (Å²) in [5.41, 5.74) is 0.117. The number of rotatable bonds is 9. The molecular weight excluding hydrogens is 464 g/mol. The van der Waals surface area contributed by atoms with E-state index in [1.807, 2.05) is 13.8 Å². The minimum absolute atomic E-state index is 0.00285. The van der Waals surface area contributed by atoms with Gasteiger partial charge in [-0.2, -0.15) is 9.29 Å². The van der Waals surface area contributed by atoms with Crippen molar-refractivity contribution in [2.24, 2.45) is 5.92 Å². The van der Waals surface area contributed by atoms with Gasteiger partial charge in [0.25, 0.3) is 11.8 Å². The van der Waals surface area contributed by atoms with Gasteiger partial charge in [-0.05, 0) is 24.1 Å². The second kappa shape index (κ2) is 11.1. The van der Waals surface area contributed by atoms with Gasteiger partial charge in [0.05, 0.1) is 18.1 Å². The molecule has 1 fully saturated rings. The van der Waals surface area contributed by atoms with E-state index in [1.54, 1.807) is 13.8 Å². The molecule has 2 heterocycles. The lowest BCUT2D eigenvalue weighted by Crippen LogP contribution is -2.45. The van der Waals surface area contributed by atoms with Crippen LogP contribution in [0, 0.1) is 5.92 Å². The summed E-state index contributed by atoms with van der Waals surface area (Å²) in [5.74, 6) is -0.803. The summed E-state index contributed by atoms with van der Waals surface area (Å²) in [4.78, 5) is 29.7. The van der Waals surface area contributed by atoms with Gasteiger partial charge in [0, 0.05) is 24.6 Å². The van der Waals surface area contributed by atoms with Crippen molar-refractivity contribution in [1.82, 2.24) is 19.8 Å². The molecule has 0 bridgehead atoms. The summed E-state index contributed by atoms with van der Waals surface area (Å²) >= 11 is 0. The predicted octanol–water partition coefficient (Wildman–Crippen LogP) is 1.71. The van der Waals surface area contributed by atoms with Crippen LogP contribution in [0.15, 0.2) is 33.7 Å². The fourth-order valence-electron chi connectivity index (χ4n) is 3.24. The summed E-state index contributed by atoms with van der Waals surface area (Å²) in [6, 6.07) is 4.76. The van der Waals surface area contributed by atoms with E-state index in [0.717, 1.165) is 0 Å². The van der Waals surface area contributed by atoms with Crippen molar-refractivity contribution in [2.75, 3.05) is 26.3 Å². The van der Waals surface area contributed by atoms with Gasteiger partial charge in [-0.15, -0.1) is 0 Å². The molecule has 1 atom stereocenters. The molecule has 1 aromatic heterocycles. The first-order chi connectivity index (χ1) is 16.1. The van der Waals surface area contributed by atoms with Crippen LogP contribution < -0.4 is 5.32 Å². The maximum atomic E-state index is 12.9. The van der Waals surface area contributed by atoms with E-state index in [-0.39, 0.29) is 47.9 Å². The number of hydrogen-bond donors (Lipinski definition) is 1. The van der Waals surface area contributed by atoms with Crippen LogP contribution in [0.25, 0.3) is 0 Å². The molecule has 1 aliphatic rings. The van der Waals surface area contributed by atoms with E-state index >= 15 is 0 Å². The van der Waals surface area contributed by atoms with Crippen LogP contribution in [0.1, 0.15) is 55.7 Å². The number of aromatic nitrogens is 2. The van der Waals surface area contributed by atoms with Gasteiger partial charge in [0.15, 0.2) is 12.4 Å². The van der Waals surface area contributed by atoms with Crippen molar-refractivity contribution in [1.29, 1.82) is 0 Å². The third kappa shape index (κ3) is 6.19. The van der Waals surface area contributed by atoms with E-state index in [2.05, 4.69) is 15.5 Å². The minimum atomic E-state index is -3.76. The Hall–Kier alpha value is -2.83. The first kappa shape index (κ1) is 25.8. The van der Waals surface area contributed by atoms with Gasteiger partial charge < -0.3 is 19.3 Å². The quantitative estimate of drug-likeness (QED) is 0.516. The molecule has 1 N–H and O–H groups in total. The highest BCUT2D eigenvalue weighted by Gasteiger charge is 2.29. The molecule has 2 aromatic rings. The number of carbonyl (C=O) groups excluding carboxylic acids is 2. The molecule has 0 unspecified atom stereocenters. The van der Waals surface area contributed by atoms with E-state index in [0.29, 0.717) is 19.0 Å². The first-order valence-corrected chi connectivity index (χ1v) is 12.5. The van der Waals surface area contributed by atoms with E-state index in [9.17, 15) is 18.0 Å². The predicted molar refractivity (Wildman–Crippen MR) is 120 cm³/mol. The highest BCUT2D eigenvalue weighted by molar-refractivity contribution is 7.89. The zero-order chi connectivity index (χ0) is 24.9. The molecule has 0 radical (unpaired) electrons. The van der Waals surface area contributed by atoms with Crippen molar-refractivity contribution in [2.45, 2.75) is 51.2 Å². The van der Waals surface area contributed by atoms with Crippen LogP contribution >= 0.6 is 0 Å². The van der Waals surface area contributed by atoms with Crippen LogP contribution in [-0.2, 0) is 30.9 Å². The maximum Gasteiger partial charge on any atom is 0.329 e. The fraction of sp³-hybridized carbons (Fsp3) is 0.545. The van der Waals surface area contributed by atoms with Crippen LogP contribution in [0.4, 0.5) is 0 Å². The highest BCUT2D eigenvalue weighted by Crippen LogP contribution is 2.19. The molecule has 1 aliphatic heterocycles. The standard InChI is InChI=1S/C22H30N4O7S/c1-14(2)19(22(28)32-13-18-23-20(15(3)4)25-33-18)24-21(27)16-6-5-7-17(12-16)34(29,30)26-8-10-31-11-9-26/h5-7,12,14-15,19H,8-11,13H2,1-4H3,(H,24,27)/t19-/m0/s1. The lowest BCUT2D eigenvalue weighted by Gasteiger charge is -2.26. The molecule has 1 aromatic carbocycles. The Bertz CT molecular complexity index is 1110. The monoisotopic (exact) mass is 494 g/mol. The number of ether oxygens (including phenoxy) is 2. The fourth-order valence-corrected chi connectivity index (χ4v) is 4.69. The number of carbonyl (C=O) groups is 2. The van der Waals surface area contributed by atoms with Gasteiger partial charge in [0.2, 0.25) is 10.0 Å². The van der Waals surface area contributed by atoms with Crippen molar-refractivity contribution < 1.29 is 32.0 Å². The molecule has 12 heteroatoms. The summed E-state index contributed by atoms with van der Waals surface area (Å²) in [6.45, 7) is 8.25. The van der Waals surface area contributed by atoms with E-state index in [4.69, 9.17) is 14.0 Å². The molecule has 1 amide bonds. The summed E-state index contributed by atoms with van der Waals surface area (Å²) in [7, 11) is -3.76. The third-order valence-corrected chi connectivity index (χ3v) is 7.14. The zero-order valence-corrected chi connectivity index (χ0v) is 20.5. The number of esters is 1. The number of sulfonamides is 1. The second-order valence-corrected chi connectivity index (χ2v) is 10.5. The number of hydrogen-bond acceptors (Lipinski definition) is 9. The Labute approximate surface area is 198 Å². The van der Waals surface area contributed by atoms with Crippen LogP contribution in [0.5, 0.6) is 0 Å². The van der Waals surface area contributed by atoms with Gasteiger partial charge >= 0.3 is 5.97 Å². The third-order valence-electron chi connectivity index (χ3n) is 5.25. The zero-order valence-electron chi connectivity index (χ0n) is 19.7. The Morgan fingerprint density at radius 3 is 2.50 bits per heavy atom. The molecular formula is C22H30N4O7S. The number of nitrogens with one attached hydrogen (secondary N) is 1. The molecule has 0 spiro atoms. The maximum absolute atomic E-state index is 12.9. The number of morpholine rings is 1. The molecule has 0 saturated carbocycles. The second-order valence-electron chi connectivity index (χ2n) is 8.55. The number of benzene rings is 1. The van der Waals surface area contributed by atoms with Gasteiger partial charge in [-0.25, -0.2) is 13.2 Å². The van der Waals surface area contributed by atoms with Crippen molar-refractivity contribution in [3.8, 4) is 0 Å². The highest BCUT2D eigenvalue weighted by atomic mass is 32.2. The van der Waals surface area contributed by atoms with E-state index < -0.39 is 27.9 Å². The summed E-state index contributed by atoms with van der Waals surface area (Å²) in [6.07, 6.45) is 0. The lowest BCUT2D eigenvalue weighted by atomic mass is 10.0. The normalized spacial score (nSPS) is 15.9. The van der Waals surface area contributed by atoms with Gasteiger partial charge in [0.1, 0.15) is 6.04 Å². The van der Waals surface area contributed by atoms with Gasteiger partial charge in [-0.3, -0.25) is 4.79 Å². The van der Waals surface area contributed by atoms with Gasteiger partial charge in [-0.1, -0.05) is 38.9 Å². The minimum Gasteiger partial charge on any atom is -0.454 e. The Kier molecular flexibility index (Phi) is 8.39. The number of amides is 1. The largest absolute Gasteiger partial charge is 0.454 e. The average Bonchev–Trinajstić information content (AvgIpc) is 3.31. The number of nitrogens with zero attached hydrogens (tertiary/aromatic N) is 3. The first-order valence-electron chi connectivity index (χ1n) is 11.1. The smallest absolute Gasteiger partial charge is 0.329 e. The summed E-state index contributed by atoms with van der Waals surface area (Å²) < 4.78 is 42.7. The Morgan fingerprint density at radius 1 is 1.18 bits per heavy atom. The molecule has 11 nitrogen and oxygen atoms in total. The molecule has 3 rings (SSSR count). The SMILES string of the molecule is CC(C)c1noc(COC(=O)[C@@H](NC(=O)c2cccc(S(=O)(=O)N3CCOCC3)c2)C(C)C)n1. The topological polar surface area (TPSA) is 141 Å². The van der Waals surface area contributed by atoms with Crippen molar-refractivity contribution >= 4 is 21.9 Å². The van der Waals surface area contributed by atoms with Crippen LogP contribution in [-0.4, -0.2) is 67.1 Å².